The summed E-state index contributed by atoms with van der Waals surface area (Å²) in [4.78, 5) is 28.3. The molecule has 2 aromatic rings. The maximum atomic E-state index is 12.9. The van der Waals surface area contributed by atoms with E-state index < -0.39 is 32.1 Å². The molecule has 2 N–H and O–H groups in total. The Labute approximate surface area is 233 Å². The van der Waals surface area contributed by atoms with E-state index in [9.17, 15) is 9.59 Å². The number of hydrogen-bond donors (Lipinski definition) is 2. The van der Waals surface area contributed by atoms with Crippen LogP contribution in [-0.4, -0.2) is 42.1 Å². The number of nitrogens with one attached hydrogen (secondary N) is 1. The van der Waals surface area contributed by atoms with Gasteiger partial charge in [0.05, 0.1) is 17.7 Å². The van der Waals surface area contributed by atoms with Gasteiger partial charge in [-0.25, -0.2) is 14.6 Å². The zero-order chi connectivity index (χ0) is 28.7. The number of carbonyl (C=O) groups is 2. The van der Waals surface area contributed by atoms with Crippen molar-refractivity contribution < 1.29 is 23.9 Å². The maximum Gasteiger partial charge on any atom is 0.407 e. The number of amides is 1. The SMILES string of the molecule is CC(C)(C)OC(=O)NC(CCCCc1ccc(C(=O)O)cc1)C(O[Si](C)(C)C(C)(C)C)c1ccc(Cl)nc1. The van der Waals surface area contributed by atoms with Gasteiger partial charge in [-0.05, 0) is 81.9 Å². The van der Waals surface area contributed by atoms with Gasteiger partial charge in [0.2, 0.25) is 0 Å². The van der Waals surface area contributed by atoms with E-state index in [0.29, 0.717) is 11.6 Å². The van der Waals surface area contributed by atoms with Crippen molar-refractivity contribution in [1.82, 2.24) is 10.3 Å². The van der Waals surface area contributed by atoms with Crippen molar-refractivity contribution in [3.63, 3.8) is 0 Å². The average Bonchev–Trinajstić information content (AvgIpc) is 2.78. The second kappa shape index (κ2) is 13.1. The molecule has 2 rings (SSSR count). The van der Waals surface area contributed by atoms with Crippen molar-refractivity contribution in [2.45, 2.75) is 103 Å². The lowest BCUT2D eigenvalue weighted by molar-refractivity contribution is 0.0422. The number of hydrogen-bond acceptors (Lipinski definition) is 5. The number of alkyl carbamates (subject to hydrolysis) is 1. The number of nitrogens with zero attached hydrogens (tertiary/aromatic N) is 1. The van der Waals surface area contributed by atoms with Crippen LogP contribution >= 0.6 is 11.6 Å². The molecule has 0 aliphatic heterocycles. The Morgan fingerprint density at radius 1 is 1.03 bits per heavy atom. The summed E-state index contributed by atoms with van der Waals surface area (Å²) in [5.41, 5.74) is 1.57. The van der Waals surface area contributed by atoms with Crippen LogP contribution in [0.1, 0.15) is 88.4 Å². The van der Waals surface area contributed by atoms with E-state index in [4.69, 9.17) is 25.9 Å². The first-order chi connectivity index (χ1) is 17.5. The molecule has 1 heterocycles. The lowest BCUT2D eigenvalue weighted by atomic mass is 9.97. The molecule has 9 heteroatoms. The molecule has 0 saturated heterocycles. The van der Waals surface area contributed by atoms with Crippen molar-refractivity contribution in [2.75, 3.05) is 0 Å². The van der Waals surface area contributed by atoms with Crippen LogP contribution in [0, 0.1) is 0 Å². The first-order valence-corrected chi connectivity index (χ1v) is 16.4. The average molecular weight is 563 g/mol. The van der Waals surface area contributed by atoms with E-state index in [1.807, 2.05) is 39.0 Å². The van der Waals surface area contributed by atoms with Crippen LogP contribution < -0.4 is 5.32 Å². The van der Waals surface area contributed by atoms with Crippen LogP contribution in [0.15, 0.2) is 42.6 Å². The maximum absolute atomic E-state index is 12.9. The number of unbranched alkanes of at least 4 members (excludes halogenated alkanes) is 1. The lowest BCUT2D eigenvalue weighted by Gasteiger charge is -2.41. The fraction of sp³-hybridized carbons (Fsp3) is 0.552. The molecule has 1 aromatic heterocycles. The van der Waals surface area contributed by atoms with Crippen LogP contribution in [0.25, 0.3) is 0 Å². The second-order valence-electron chi connectivity index (χ2n) is 12.2. The molecule has 0 saturated carbocycles. The highest BCUT2D eigenvalue weighted by Gasteiger charge is 2.41. The number of pyridine rings is 1. The number of aromatic nitrogens is 1. The van der Waals surface area contributed by atoms with Crippen LogP contribution in [0.2, 0.25) is 23.3 Å². The Morgan fingerprint density at radius 2 is 1.66 bits per heavy atom. The number of carboxylic acid groups (broad SMARTS) is 1. The highest BCUT2D eigenvalue weighted by molar-refractivity contribution is 6.74. The normalized spacial score (nSPS) is 14.0. The number of aryl methyl sites for hydroxylation is 1. The summed E-state index contributed by atoms with van der Waals surface area (Å²) in [7, 11) is -2.24. The van der Waals surface area contributed by atoms with Crippen molar-refractivity contribution in [1.29, 1.82) is 0 Å². The van der Waals surface area contributed by atoms with Gasteiger partial charge in [0.25, 0.3) is 0 Å². The summed E-state index contributed by atoms with van der Waals surface area (Å²) < 4.78 is 12.5. The van der Waals surface area contributed by atoms with Gasteiger partial charge >= 0.3 is 12.1 Å². The summed E-state index contributed by atoms with van der Waals surface area (Å²) in [6.45, 7) is 16.4. The van der Waals surface area contributed by atoms with Gasteiger partial charge in [0.1, 0.15) is 10.8 Å². The third-order valence-electron chi connectivity index (χ3n) is 6.81. The Balaban J connectivity index is 2.27. The van der Waals surface area contributed by atoms with E-state index in [2.05, 4.69) is 44.2 Å². The minimum absolute atomic E-state index is 0.0380. The Hall–Kier alpha value is -2.42. The van der Waals surface area contributed by atoms with Crippen molar-refractivity contribution in [3.05, 3.63) is 64.4 Å². The van der Waals surface area contributed by atoms with Crippen molar-refractivity contribution in [3.8, 4) is 0 Å². The molecule has 1 amide bonds. The minimum atomic E-state index is -2.24. The smallest absolute Gasteiger partial charge is 0.407 e. The topological polar surface area (TPSA) is 97.8 Å². The summed E-state index contributed by atoms with van der Waals surface area (Å²) in [5, 5.41) is 12.6. The molecule has 2 atom stereocenters. The first-order valence-electron chi connectivity index (χ1n) is 13.1. The summed E-state index contributed by atoms with van der Waals surface area (Å²) in [5.74, 6) is -0.933. The third kappa shape index (κ3) is 10.0. The molecular formula is C29H43ClN2O5Si. The first kappa shape index (κ1) is 31.8. The predicted molar refractivity (Wildman–Crippen MR) is 154 cm³/mol. The van der Waals surface area contributed by atoms with Gasteiger partial charge < -0.3 is 19.6 Å². The Bertz CT molecular complexity index is 1060. The Morgan fingerprint density at radius 3 is 2.16 bits per heavy atom. The molecule has 7 nitrogen and oxygen atoms in total. The van der Waals surface area contributed by atoms with Gasteiger partial charge in [0.15, 0.2) is 8.32 Å². The molecule has 2 unspecified atom stereocenters. The van der Waals surface area contributed by atoms with Crippen LogP contribution in [0.5, 0.6) is 0 Å². The Kier molecular flexibility index (Phi) is 10.9. The van der Waals surface area contributed by atoms with E-state index in [1.165, 1.54) is 0 Å². The van der Waals surface area contributed by atoms with Gasteiger partial charge in [-0.3, -0.25) is 0 Å². The monoisotopic (exact) mass is 562 g/mol. The van der Waals surface area contributed by atoms with Gasteiger partial charge in [-0.1, -0.05) is 57.0 Å². The molecule has 0 fully saturated rings. The van der Waals surface area contributed by atoms with E-state index in [0.717, 1.165) is 30.4 Å². The standard InChI is InChI=1S/C29H43ClN2O5Si/c1-28(2,3)36-27(35)32-23(12-10-9-11-20-13-15-21(16-14-20)26(33)34)25(22-17-18-24(30)31-19-22)37-38(7,8)29(4,5)6/h13-19,23,25H,9-12H2,1-8H3,(H,32,35)(H,33,34). The molecule has 38 heavy (non-hydrogen) atoms. The number of carbonyl (C=O) groups excluding carboxylic acids is 1. The molecule has 210 valence electrons. The van der Waals surface area contributed by atoms with Crippen LogP contribution in [0.3, 0.4) is 0 Å². The van der Waals surface area contributed by atoms with E-state index >= 15 is 0 Å². The largest absolute Gasteiger partial charge is 0.478 e. The number of ether oxygens (including phenoxy) is 1. The molecule has 0 bridgehead atoms. The number of aromatic carboxylic acids is 1. The molecule has 1 aromatic carbocycles. The zero-order valence-corrected chi connectivity index (χ0v) is 25.7. The molecule has 0 radical (unpaired) electrons. The quantitative estimate of drug-likeness (QED) is 0.165. The number of benzene rings is 1. The number of carboxylic acids is 1. The molecule has 0 spiro atoms. The van der Waals surface area contributed by atoms with E-state index in [1.54, 1.807) is 24.4 Å². The van der Waals surface area contributed by atoms with Gasteiger partial charge in [-0.15, -0.1) is 0 Å². The highest BCUT2D eigenvalue weighted by Crippen LogP contribution is 2.41. The van der Waals surface area contributed by atoms with E-state index in [-0.39, 0.29) is 16.6 Å². The molecular weight excluding hydrogens is 520 g/mol. The summed E-state index contributed by atoms with van der Waals surface area (Å²) >= 11 is 6.08. The minimum Gasteiger partial charge on any atom is -0.478 e. The summed E-state index contributed by atoms with van der Waals surface area (Å²) in [6.07, 6.45) is 3.95. The second-order valence-corrected chi connectivity index (χ2v) is 17.4. The highest BCUT2D eigenvalue weighted by atomic mass is 35.5. The van der Waals surface area contributed by atoms with Crippen molar-refractivity contribution in [2.24, 2.45) is 0 Å². The fourth-order valence-corrected chi connectivity index (χ4v) is 5.10. The predicted octanol–water partition coefficient (Wildman–Crippen LogP) is 7.80. The molecule has 0 aliphatic rings. The summed E-state index contributed by atoms with van der Waals surface area (Å²) in [6, 6.07) is 10.2. The van der Waals surface area contributed by atoms with Gasteiger partial charge in [0, 0.05) is 11.8 Å². The molecule has 0 aliphatic carbocycles. The number of halogens is 1. The van der Waals surface area contributed by atoms with Crippen LogP contribution in [-0.2, 0) is 15.6 Å². The van der Waals surface area contributed by atoms with Crippen LogP contribution in [0.4, 0.5) is 4.79 Å². The van der Waals surface area contributed by atoms with Gasteiger partial charge in [-0.2, -0.15) is 0 Å². The third-order valence-corrected chi connectivity index (χ3v) is 11.5. The lowest BCUT2D eigenvalue weighted by Crippen LogP contribution is -2.48. The fourth-order valence-electron chi connectivity index (χ4n) is 3.70. The number of rotatable bonds is 11. The van der Waals surface area contributed by atoms with Crippen molar-refractivity contribution >= 4 is 32.0 Å². The zero-order valence-electron chi connectivity index (χ0n) is 23.9.